The standard InChI is InChI=1S/C14H17F2N3S/c1-13(2,16)11-7-14(3,19-12(18)20-11)9-6-8(17)4-5-10(9)15/h4-7H,17H2,1-3H3,(H2,18,19)/t14-/m0/s1. The molecule has 20 heavy (non-hydrogen) atoms. The van der Waals surface area contributed by atoms with Gasteiger partial charge in [0.25, 0.3) is 0 Å². The molecule has 3 nitrogen and oxygen atoms in total. The SMILES string of the molecule is CC(C)(F)C1=C[C@@](C)(c2cc(N)ccc2F)N=C(N)S1. The van der Waals surface area contributed by atoms with Crippen molar-refractivity contribution in [1.29, 1.82) is 0 Å². The van der Waals surface area contributed by atoms with Crippen LogP contribution in [0.2, 0.25) is 0 Å². The van der Waals surface area contributed by atoms with Crippen LogP contribution in [0, 0.1) is 5.82 Å². The number of nitrogens with two attached hydrogens (primary N) is 2. The lowest BCUT2D eigenvalue weighted by atomic mass is 9.89. The number of halogens is 2. The molecule has 0 radical (unpaired) electrons. The summed E-state index contributed by atoms with van der Waals surface area (Å²) in [6.07, 6.45) is 1.60. The number of nitrogen functional groups attached to an aromatic ring is 1. The van der Waals surface area contributed by atoms with Gasteiger partial charge in [-0.15, -0.1) is 0 Å². The second kappa shape index (κ2) is 4.77. The number of rotatable bonds is 2. The number of thioether (sulfide) groups is 1. The van der Waals surface area contributed by atoms with Crippen molar-refractivity contribution in [3.63, 3.8) is 0 Å². The monoisotopic (exact) mass is 297 g/mol. The highest BCUT2D eigenvalue weighted by molar-refractivity contribution is 8.17. The Kier molecular flexibility index (Phi) is 3.54. The molecule has 2 rings (SSSR count). The van der Waals surface area contributed by atoms with Gasteiger partial charge in [-0.25, -0.2) is 13.8 Å². The Morgan fingerprint density at radius 1 is 1.30 bits per heavy atom. The van der Waals surface area contributed by atoms with Gasteiger partial charge in [-0.05, 0) is 45.0 Å². The minimum absolute atomic E-state index is 0.206. The lowest BCUT2D eigenvalue weighted by molar-refractivity contribution is 0.279. The molecule has 4 N–H and O–H groups in total. The number of anilines is 1. The molecule has 0 saturated heterocycles. The first kappa shape index (κ1) is 14.8. The van der Waals surface area contributed by atoms with Crippen LogP contribution >= 0.6 is 11.8 Å². The highest BCUT2D eigenvalue weighted by Crippen LogP contribution is 2.42. The second-order valence-electron chi connectivity index (χ2n) is 5.42. The molecule has 0 aliphatic carbocycles. The first-order valence-corrected chi connectivity index (χ1v) is 6.94. The minimum atomic E-state index is -1.57. The van der Waals surface area contributed by atoms with Crippen LogP contribution in [-0.4, -0.2) is 10.8 Å². The van der Waals surface area contributed by atoms with Crippen LogP contribution < -0.4 is 11.5 Å². The lowest BCUT2D eigenvalue weighted by Gasteiger charge is -2.31. The van der Waals surface area contributed by atoms with E-state index in [2.05, 4.69) is 4.99 Å². The van der Waals surface area contributed by atoms with Crippen molar-refractivity contribution in [2.45, 2.75) is 32.0 Å². The first-order valence-electron chi connectivity index (χ1n) is 6.13. The van der Waals surface area contributed by atoms with Crippen molar-refractivity contribution in [3.05, 3.63) is 40.6 Å². The topological polar surface area (TPSA) is 64.4 Å². The van der Waals surface area contributed by atoms with Gasteiger partial charge in [-0.2, -0.15) is 0 Å². The number of benzene rings is 1. The fourth-order valence-corrected chi connectivity index (χ4v) is 3.03. The lowest BCUT2D eigenvalue weighted by Crippen LogP contribution is -2.30. The van der Waals surface area contributed by atoms with Crippen LogP contribution in [0.3, 0.4) is 0 Å². The maximum Gasteiger partial charge on any atom is 0.159 e. The van der Waals surface area contributed by atoms with Crippen LogP contribution in [0.5, 0.6) is 0 Å². The van der Waals surface area contributed by atoms with Gasteiger partial charge in [0, 0.05) is 16.2 Å². The number of aliphatic imine (C=N–C) groups is 1. The fraction of sp³-hybridized carbons (Fsp3) is 0.357. The summed E-state index contributed by atoms with van der Waals surface area (Å²) in [5.41, 5.74) is 9.55. The van der Waals surface area contributed by atoms with E-state index in [0.717, 1.165) is 11.8 Å². The van der Waals surface area contributed by atoms with Gasteiger partial charge in [-0.3, -0.25) is 0 Å². The molecular formula is C14H17F2N3S. The summed E-state index contributed by atoms with van der Waals surface area (Å²) in [6.45, 7) is 4.55. The van der Waals surface area contributed by atoms with Crippen molar-refractivity contribution in [2.75, 3.05) is 5.73 Å². The molecule has 1 heterocycles. The van der Waals surface area contributed by atoms with Crippen LogP contribution in [0.25, 0.3) is 0 Å². The molecule has 0 saturated carbocycles. The first-order chi connectivity index (χ1) is 9.12. The summed E-state index contributed by atoms with van der Waals surface area (Å²) in [6, 6.07) is 4.25. The number of allylic oxidation sites excluding steroid dienone is 1. The van der Waals surface area contributed by atoms with E-state index >= 15 is 0 Å². The molecule has 0 bridgehead atoms. The molecule has 0 spiro atoms. The van der Waals surface area contributed by atoms with Crippen LogP contribution in [0.1, 0.15) is 26.3 Å². The predicted molar refractivity (Wildman–Crippen MR) is 80.6 cm³/mol. The molecule has 1 aliphatic rings. The van der Waals surface area contributed by atoms with E-state index in [1.807, 2.05) is 0 Å². The molecule has 1 aliphatic heterocycles. The van der Waals surface area contributed by atoms with Gasteiger partial charge in [0.15, 0.2) is 5.17 Å². The molecule has 0 unspecified atom stereocenters. The molecule has 1 atom stereocenters. The predicted octanol–water partition coefficient (Wildman–Crippen LogP) is 3.32. The van der Waals surface area contributed by atoms with Gasteiger partial charge in [0.05, 0.1) is 0 Å². The second-order valence-corrected chi connectivity index (χ2v) is 6.48. The molecule has 6 heteroatoms. The summed E-state index contributed by atoms with van der Waals surface area (Å²) in [7, 11) is 0. The smallest absolute Gasteiger partial charge is 0.159 e. The Balaban J connectivity index is 2.60. The maximum atomic E-state index is 14.2. The van der Waals surface area contributed by atoms with Gasteiger partial charge in [0.2, 0.25) is 0 Å². The van der Waals surface area contributed by atoms with Crippen LogP contribution in [-0.2, 0) is 5.54 Å². The number of amidine groups is 1. The van der Waals surface area contributed by atoms with Gasteiger partial charge in [0.1, 0.15) is 17.0 Å². The Morgan fingerprint density at radius 2 is 1.95 bits per heavy atom. The molecule has 108 valence electrons. The third kappa shape index (κ3) is 2.80. The zero-order valence-corrected chi connectivity index (χ0v) is 12.4. The van der Waals surface area contributed by atoms with E-state index < -0.39 is 17.0 Å². The van der Waals surface area contributed by atoms with E-state index in [0.29, 0.717) is 10.6 Å². The summed E-state index contributed by atoms with van der Waals surface area (Å²) in [4.78, 5) is 4.68. The van der Waals surface area contributed by atoms with Gasteiger partial charge in [-0.1, -0.05) is 11.8 Å². The van der Waals surface area contributed by atoms with E-state index in [1.54, 1.807) is 13.0 Å². The Hall–Kier alpha value is -1.56. The number of nitrogens with zero attached hydrogens (tertiary/aromatic N) is 1. The van der Waals surface area contributed by atoms with Crippen LogP contribution in [0.15, 0.2) is 34.2 Å². The van der Waals surface area contributed by atoms with E-state index in [9.17, 15) is 8.78 Å². The largest absolute Gasteiger partial charge is 0.399 e. The van der Waals surface area contributed by atoms with E-state index in [-0.39, 0.29) is 10.7 Å². The molecule has 1 aromatic rings. The Morgan fingerprint density at radius 3 is 2.55 bits per heavy atom. The average Bonchev–Trinajstić information content (AvgIpc) is 2.30. The molecule has 0 amide bonds. The van der Waals surface area contributed by atoms with Crippen LogP contribution in [0.4, 0.5) is 14.5 Å². The Labute approximate surface area is 121 Å². The highest BCUT2D eigenvalue weighted by Gasteiger charge is 2.36. The van der Waals surface area contributed by atoms with Crippen molar-refractivity contribution in [1.82, 2.24) is 0 Å². The minimum Gasteiger partial charge on any atom is -0.399 e. The van der Waals surface area contributed by atoms with E-state index in [1.165, 1.54) is 32.0 Å². The molecular weight excluding hydrogens is 280 g/mol. The van der Waals surface area contributed by atoms with Crippen molar-refractivity contribution in [3.8, 4) is 0 Å². The van der Waals surface area contributed by atoms with Crippen molar-refractivity contribution >= 4 is 22.6 Å². The average molecular weight is 297 g/mol. The number of hydrogen-bond donors (Lipinski definition) is 2. The normalized spacial score (nSPS) is 23.2. The molecule has 0 fully saturated rings. The quantitative estimate of drug-likeness (QED) is 0.823. The van der Waals surface area contributed by atoms with Crippen molar-refractivity contribution < 1.29 is 8.78 Å². The number of hydrogen-bond acceptors (Lipinski definition) is 4. The molecule has 1 aromatic carbocycles. The summed E-state index contributed by atoms with van der Waals surface area (Å²) < 4.78 is 28.2. The zero-order valence-electron chi connectivity index (χ0n) is 11.6. The summed E-state index contributed by atoms with van der Waals surface area (Å²) in [5.74, 6) is -0.447. The van der Waals surface area contributed by atoms with Gasteiger partial charge < -0.3 is 11.5 Å². The number of alkyl halides is 1. The third-order valence-corrected chi connectivity index (χ3v) is 4.21. The summed E-state index contributed by atoms with van der Waals surface area (Å²) >= 11 is 1.06. The summed E-state index contributed by atoms with van der Waals surface area (Å²) in [5, 5.41) is 0.206. The van der Waals surface area contributed by atoms with Gasteiger partial charge >= 0.3 is 0 Å². The maximum absolute atomic E-state index is 14.2. The van der Waals surface area contributed by atoms with E-state index in [4.69, 9.17) is 11.5 Å². The zero-order chi connectivity index (χ0) is 15.1. The highest BCUT2D eigenvalue weighted by atomic mass is 32.2. The van der Waals surface area contributed by atoms with Crippen molar-refractivity contribution in [2.24, 2.45) is 10.7 Å². The third-order valence-electron chi connectivity index (χ3n) is 3.09. The Bertz CT molecular complexity index is 605. The molecule has 0 aromatic heterocycles. The fourth-order valence-electron chi connectivity index (χ4n) is 2.04.